The number of hydrogen-bond donors (Lipinski definition) is 0. The molecule has 0 N–H and O–H groups in total. The first-order chi connectivity index (χ1) is 7.84. The summed E-state index contributed by atoms with van der Waals surface area (Å²) < 4.78 is 36.9. The molecule has 92 valence electrons. The van der Waals surface area contributed by atoms with Crippen LogP contribution in [0, 0.1) is 17.2 Å². The van der Waals surface area contributed by atoms with Crippen molar-refractivity contribution in [2.75, 3.05) is 5.75 Å². The van der Waals surface area contributed by atoms with Crippen molar-refractivity contribution in [1.82, 2.24) is 0 Å². The third kappa shape index (κ3) is 4.30. The summed E-state index contributed by atoms with van der Waals surface area (Å²) in [6, 6.07) is 5.77. The number of thioether (sulfide) groups is 1. The first kappa shape index (κ1) is 14.5. The second-order valence-electron chi connectivity index (χ2n) is 3.11. The number of hydrogen-bond acceptors (Lipinski definition) is 2. The van der Waals surface area contributed by atoms with Gasteiger partial charge in [0.2, 0.25) is 0 Å². The highest BCUT2D eigenvalue weighted by molar-refractivity contribution is 7.99. The summed E-state index contributed by atoms with van der Waals surface area (Å²) in [5.74, 6) is -2.35. The van der Waals surface area contributed by atoms with Crippen LogP contribution in [-0.2, 0) is 0 Å². The van der Waals surface area contributed by atoms with E-state index in [-0.39, 0.29) is 10.8 Å². The second-order valence-corrected chi connectivity index (χ2v) is 5.02. The van der Waals surface area contributed by atoms with Crippen LogP contribution in [0.5, 0.6) is 0 Å². The Kier molecular flexibility index (Phi) is 4.99. The van der Waals surface area contributed by atoms with Crippen molar-refractivity contribution in [2.45, 2.75) is 11.1 Å². The lowest BCUT2D eigenvalue weighted by Gasteiger charge is -2.12. The van der Waals surface area contributed by atoms with Gasteiger partial charge >= 0.3 is 6.18 Å². The van der Waals surface area contributed by atoms with Gasteiger partial charge in [0.1, 0.15) is 0 Å². The predicted octanol–water partition coefficient (Wildman–Crippen LogP) is 4.79. The van der Waals surface area contributed by atoms with E-state index in [0.717, 1.165) is 11.8 Å². The van der Waals surface area contributed by atoms with E-state index in [0.29, 0.717) is 9.92 Å². The Morgan fingerprint density at radius 3 is 2.41 bits per heavy atom. The molecule has 0 saturated carbocycles. The van der Waals surface area contributed by atoms with Crippen molar-refractivity contribution in [2.24, 2.45) is 5.92 Å². The zero-order valence-corrected chi connectivity index (χ0v) is 10.6. The molecule has 0 fully saturated rings. The lowest BCUT2D eigenvalue weighted by atomic mass is 10.2. The average molecular weight is 300 g/mol. The molecule has 1 atom stereocenters. The Balaban J connectivity index is 2.67. The fourth-order valence-corrected chi connectivity index (χ4v) is 2.30. The molecule has 1 aromatic carbocycles. The SMILES string of the molecule is N#CC(CSc1ccc(Cl)c(Cl)c1)C(F)(F)F. The van der Waals surface area contributed by atoms with Crippen LogP contribution in [0.1, 0.15) is 0 Å². The van der Waals surface area contributed by atoms with E-state index in [9.17, 15) is 13.2 Å². The van der Waals surface area contributed by atoms with Gasteiger partial charge in [-0.15, -0.1) is 11.8 Å². The lowest BCUT2D eigenvalue weighted by molar-refractivity contribution is -0.152. The summed E-state index contributed by atoms with van der Waals surface area (Å²) in [7, 11) is 0. The highest BCUT2D eigenvalue weighted by Gasteiger charge is 2.39. The van der Waals surface area contributed by atoms with Crippen LogP contribution >= 0.6 is 35.0 Å². The smallest absolute Gasteiger partial charge is 0.198 e. The van der Waals surface area contributed by atoms with E-state index in [1.54, 1.807) is 6.07 Å². The quantitative estimate of drug-likeness (QED) is 0.749. The van der Waals surface area contributed by atoms with Crippen molar-refractivity contribution in [3.05, 3.63) is 28.2 Å². The topological polar surface area (TPSA) is 23.8 Å². The van der Waals surface area contributed by atoms with E-state index in [1.165, 1.54) is 18.2 Å². The molecule has 0 saturated heterocycles. The normalized spacial score (nSPS) is 13.2. The van der Waals surface area contributed by atoms with E-state index in [2.05, 4.69) is 0 Å². The Morgan fingerprint density at radius 2 is 1.94 bits per heavy atom. The Bertz CT molecular complexity index is 442. The van der Waals surface area contributed by atoms with E-state index in [4.69, 9.17) is 28.5 Å². The average Bonchev–Trinajstić information content (AvgIpc) is 2.22. The molecule has 0 aliphatic carbocycles. The van der Waals surface area contributed by atoms with Gasteiger partial charge in [0.05, 0.1) is 16.1 Å². The van der Waals surface area contributed by atoms with Crippen molar-refractivity contribution >= 4 is 35.0 Å². The fraction of sp³-hybridized carbons (Fsp3) is 0.300. The van der Waals surface area contributed by atoms with Crippen LogP contribution in [0.2, 0.25) is 10.0 Å². The lowest BCUT2D eigenvalue weighted by Crippen LogP contribution is -2.23. The second kappa shape index (κ2) is 5.85. The van der Waals surface area contributed by atoms with E-state index >= 15 is 0 Å². The van der Waals surface area contributed by atoms with Crippen LogP contribution in [0.3, 0.4) is 0 Å². The van der Waals surface area contributed by atoms with E-state index in [1.807, 2.05) is 0 Å². The van der Waals surface area contributed by atoms with Gasteiger partial charge in [-0.3, -0.25) is 0 Å². The molecular formula is C10H6Cl2F3NS. The summed E-state index contributed by atoms with van der Waals surface area (Å²) in [6.07, 6.45) is -4.50. The van der Waals surface area contributed by atoms with Crippen molar-refractivity contribution in [3.63, 3.8) is 0 Å². The van der Waals surface area contributed by atoms with Crippen LogP contribution in [0.15, 0.2) is 23.1 Å². The largest absolute Gasteiger partial charge is 0.405 e. The molecule has 0 aliphatic heterocycles. The summed E-state index contributed by atoms with van der Waals surface area (Å²) in [4.78, 5) is 0.545. The molecule has 0 radical (unpaired) electrons. The number of nitrogens with zero attached hydrogens (tertiary/aromatic N) is 1. The molecular weight excluding hydrogens is 294 g/mol. The summed E-state index contributed by atoms with van der Waals surface area (Å²) in [5.41, 5.74) is 0. The van der Waals surface area contributed by atoms with Crippen LogP contribution in [-0.4, -0.2) is 11.9 Å². The predicted molar refractivity (Wildman–Crippen MR) is 62.3 cm³/mol. The molecule has 0 heterocycles. The molecule has 0 bridgehead atoms. The maximum atomic E-state index is 12.3. The van der Waals surface area contributed by atoms with Gasteiger partial charge in [0, 0.05) is 10.6 Å². The third-order valence-electron chi connectivity index (χ3n) is 1.86. The summed E-state index contributed by atoms with van der Waals surface area (Å²) >= 11 is 12.3. The number of halogens is 5. The molecule has 0 aromatic heterocycles. The van der Waals surface area contributed by atoms with Gasteiger partial charge < -0.3 is 0 Å². The molecule has 0 amide bonds. The fourth-order valence-electron chi connectivity index (χ4n) is 0.951. The summed E-state index contributed by atoms with van der Waals surface area (Å²) in [5, 5.41) is 9.02. The van der Waals surface area contributed by atoms with Gasteiger partial charge in [0.15, 0.2) is 5.92 Å². The zero-order chi connectivity index (χ0) is 13.1. The number of rotatable bonds is 3. The molecule has 1 unspecified atom stereocenters. The van der Waals surface area contributed by atoms with Crippen molar-refractivity contribution < 1.29 is 13.2 Å². The minimum atomic E-state index is -4.50. The maximum absolute atomic E-state index is 12.3. The minimum absolute atomic E-state index is 0.275. The van der Waals surface area contributed by atoms with Gasteiger partial charge in [-0.05, 0) is 18.2 Å². The van der Waals surface area contributed by atoms with Crippen LogP contribution in [0.25, 0.3) is 0 Å². The molecule has 1 rings (SSSR count). The van der Waals surface area contributed by atoms with Gasteiger partial charge in [-0.1, -0.05) is 23.2 Å². The zero-order valence-electron chi connectivity index (χ0n) is 8.26. The van der Waals surface area contributed by atoms with Gasteiger partial charge in [0.25, 0.3) is 0 Å². The number of alkyl halides is 3. The highest BCUT2D eigenvalue weighted by Crippen LogP contribution is 2.33. The third-order valence-corrected chi connectivity index (χ3v) is 3.68. The van der Waals surface area contributed by atoms with Gasteiger partial charge in [-0.25, -0.2) is 0 Å². The first-order valence-electron chi connectivity index (χ1n) is 4.38. The van der Waals surface area contributed by atoms with E-state index < -0.39 is 12.1 Å². The standard InChI is InChI=1S/C10H6Cl2F3NS/c11-8-2-1-7(3-9(8)12)17-5-6(4-16)10(13,14)15/h1-3,6H,5H2. The van der Waals surface area contributed by atoms with Gasteiger partial charge in [-0.2, -0.15) is 18.4 Å². The molecule has 1 nitrogen and oxygen atoms in total. The first-order valence-corrected chi connectivity index (χ1v) is 6.13. The molecule has 17 heavy (non-hydrogen) atoms. The Morgan fingerprint density at radius 1 is 1.29 bits per heavy atom. The Labute approximate surface area is 111 Å². The highest BCUT2D eigenvalue weighted by atomic mass is 35.5. The Hall–Kier alpha value is -0.570. The summed E-state index contributed by atoms with van der Waals surface area (Å²) in [6.45, 7) is 0. The molecule has 7 heteroatoms. The number of nitriles is 1. The van der Waals surface area contributed by atoms with Crippen molar-refractivity contribution in [1.29, 1.82) is 5.26 Å². The molecule has 1 aromatic rings. The molecule has 0 aliphatic rings. The van der Waals surface area contributed by atoms with Crippen molar-refractivity contribution in [3.8, 4) is 6.07 Å². The van der Waals surface area contributed by atoms with Crippen LogP contribution in [0.4, 0.5) is 13.2 Å². The molecule has 0 spiro atoms. The monoisotopic (exact) mass is 299 g/mol. The number of benzene rings is 1. The maximum Gasteiger partial charge on any atom is 0.405 e. The van der Waals surface area contributed by atoms with Crippen LogP contribution < -0.4 is 0 Å². The minimum Gasteiger partial charge on any atom is -0.198 e.